The van der Waals surface area contributed by atoms with Crippen LogP contribution in [0.4, 0.5) is 5.69 Å². The van der Waals surface area contributed by atoms with Crippen molar-refractivity contribution >= 4 is 28.7 Å². The van der Waals surface area contributed by atoms with Crippen LogP contribution in [0.15, 0.2) is 77.9 Å². The quantitative estimate of drug-likeness (QED) is 0.225. The molecule has 0 spiro atoms. The van der Waals surface area contributed by atoms with E-state index in [4.69, 9.17) is 9.47 Å². The Balaban J connectivity index is 1.46. The van der Waals surface area contributed by atoms with E-state index in [0.29, 0.717) is 22.6 Å². The van der Waals surface area contributed by atoms with Gasteiger partial charge in [0.15, 0.2) is 11.5 Å². The van der Waals surface area contributed by atoms with E-state index in [1.807, 2.05) is 31.2 Å². The number of hydrogen-bond acceptors (Lipinski definition) is 7. The summed E-state index contributed by atoms with van der Waals surface area (Å²) in [5.41, 5.74) is 6.00. The minimum absolute atomic E-state index is 0.0153. The summed E-state index contributed by atoms with van der Waals surface area (Å²) >= 11 is 0. The van der Waals surface area contributed by atoms with Crippen LogP contribution in [0, 0.1) is 17.0 Å². The highest BCUT2D eigenvalue weighted by Crippen LogP contribution is 2.28. The number of nitro benzene ring substituents is 1. The molecule has 176 valence electrons. The van der Waals surface area contributed by atoms with Crippen LogP contribution in [0.25, 0.3) is 10.9 Å². The first-order chi connectivity index (χ1) is 16.9. The number of nitro groups is 1. The number of aryl methyl sites for hydroxylation is 1. The second kappa shape index (κ2) is 10.4. The van der Waals surface area contributed by atoms with Gasteiger partial charge in [-0.1, -0.05) is 18.2 Å². The molecule has 0 aliphatic heterocycles. The summed E-state index contributed by atoms with van der Waals surface area (Å²) in [6.45, 7) is 2.03. The zero-order valence-corrected chi connectivity index (χ0v) is 19.1. The van der Waals surface area contributed by atoms with E-state index < -0.39 is 4.92 Å². The molecule has 0 bridgehead atoms. The summed E-state index contributed by atoms with van der Waals surface area (Å²) in [7, 11) is 1.53. The molecule has 35 heavy (non-hydrogen) atoms. The third-order valence-electron chi connectivity index (χ3n) is 5.20. The van der Waals surface area contributed by atoms with Crippen LogP contribution in [-0.2, 0) is 6.61 Å². The topological polar surface area (TPSA) is 116 Å². The van der Waals surface area contributed by atoms with Gasteiger partial charge < -0.3 is 9.47 Å². The summed E-state index contributed by atoms with van der Waals surface area (Å²) in [6, 6.07) is 20.5. The number of non-ortho nitro benzene ring substituents is 1. The summed E-state index contributed by atoms with van der Waals surface area (Å²) in [5.74, 6) is 0.648. The standard InChI is InChI=1S/C26H22N4O5/c1-17-13-22(21-5-3-4-6-23(21)28-17)26(31)29-27-15-19-9-12-24(34-2)25(14-19)35-16-18-7-10-20(11-8-18)30(32)33/h3-15H,16H2,1-2H3,(H,29,31)/b27-15-. The fourth-order valence-electron chi connectivity index (χ4n) is 3.48. The second-order valence-electron chi connectivity index (χ2n) is 7.65. The molecule has 3 aromatic carbocycles. The molecule has 9 nitrogen and oxygen atoms in total. The fraction of sp³-hybridized carbons (Fsp3) is 0.115. The zero-order chi connectivity index (χ0) is 24.8. The first kappa shape index (κ1) is 23.4. The van der Waals surface area contributed by atoms with Crippen molar-refractivity contribution < 1.29 is 19.2 Å². The second-order valence-corrected chi connectivity index (χ2v) is 7.65. The maximum absolute atomic E-state index is 12.8. The van der Waals surface area contributed by atoms with Gasteiger partial charge in [-0.05, 0) is 60.5 Å². The number of carbonyl (C=O) groups is 1. The predicted molar refractivity (Wildman–Crippen MR) is 132 cm³/mol. The number of nitrogens with zero attached hydrogens (tertiary/aromatic N) is 3. The normalized spacial score (nSPS) is 10.9. The molecule has 9 heteroatoms. The van der Waals surface area contributed by atoms with Gasteiger partial charge in [-0.25, -0.2) is 5.43 Å². The SMILES string of the molecule is COc1ccc(/C=N\NC(=O)c2cc(C)nc3ccccc23)cc1OCc1ccc([N+](=O)[O-])cc1. The summed E-state index contributed by atoms with van der Waals surface area (Å²) in [6.07, 6.45) is 1.51. The van der Waals surface area contributed by atoms with E-state index in [-0.39, 0.29) is 18.2 Å². The Hall–Kier alpha value is -4.79. The Kier molecular flexibility index (Phi) is 6.96. The number of rotatable bonds is 8. The lowest BCUT2D eigenvalue weighted by molar-refractivity contribution is -0.384. The number of ether oxygens (including phenoxy) is 2. The minimum atomic E-state index is -0.451. The molecule has 4 aromatic rings. The van der Waals surface area contributed by atoms with E-state index in [0.717, 1.165) is 22.2 Å². The lowest BCUT2D eigenvalue weighted by atomic mass is 10.1. The van der Waals surface area contributed by atoms with Crippen molar-refractivity contribution in [2.45, 2.75) is 13.5 Å². The van der Waals surface area contributed by atoms with Crippen molar-refractivity contribution in [2.75, 3.05) is 7.11 Å². The Morgan fingerprint density at radius 1 is 1.09 bits per heavy atom. The molecule has 0 saturated carbocycles. The minimum Gasteiger partial charge on any atom is -0.493 e. The molecule has 0 fully saturated rings. The molecule has 0 unspecified atom stereocenters. The van der Waals surface area contributed by atoms with Gasteiger partial charge in [-0.2, -0.15) is 5.10 Å². The number of para-hydroxylation sites is 1. The fourth-order valence-corrected chi connectivity index (χ4v) is 3.48. The van der Waals surface area contributed by atoms with Gasteiger partial charge in [0.1, 0.15) is 6.61 Å². The van der Waals surface area contributed by atoms with Crippen LogP contribution in [0.1, 0.15) is 27.2 Å². The van der Waals surface area contributed by atoms with E-state index in [1.165, 1.54) is 25.5 Å². The number of hydrogen-bond donors (Lipinski definition) is 1. The molecular weight excluding hydrogens is 448 g/mol. The third kappa shape index (κ3) is 5.59. The maximum Gasteiger partial charge on any atom is 0.272 e. The Morgan fingerprint density at radius 3 is 2.60 bits per heavy atom. The highest BCUT2D eigenvalue weighted by molar-refractivity contribution is 6.06. The molecule has 1 N–H and O–H groups in total. The number of hydrazone groups is 1. The molecule has 0 atom stereocenters. The first-order valence-corrected chi connectivity index (χ1v) is 10.7. The van der Waals surface area contributed by atoms with Crippen molar-refractivity contribution in [1.29, 1.82) is 0 Å². The molecule has 0 radical (unpaired) electrons. The Morgan fingerprint density at radius 2 is 1.86 bits per heavy atom. The lowest BCUT2D eigenvalue weighted by Crippen LogP contribution is -2.18. The largest absolute Gasteiger partial charge is 0.493 e. The van der Waals surface area contributed by atoms with Gasteiger partial charge in [0, 0.05) is 23.2 Å². The van der Waals surface area contributed by atoms with Gasteiger partial charge in [0.05, 0.1) is 29.3 Å². The summed E-state index contributed by atoms with van der Waals surface area (Å²) in [5, 5.41) is 15.6. The molecule has 0 saturated heterocycles. The summed E-state index contributed by atoms with van der Waals surface area (Å²) < 4.78 is 11.2. The molecule has 0 aliphatic rings. The number of nitrogens with one attached hydrogen (secondary N) is 1. The molecular formula is C26H22N4O5. The molecule has 1 heterocycles. The number of amides is 1. The van der Waals surface area contributed by atoms with Crippen LogP contribution in [0.2, 0.25) is 0 Å². The van der Waals surface area contributed by atoms with Crippen molar-refractivity contribution in [3.63, 3.8) is 0 Å². The molecule has 4 rings (SSSR count). The van der Waals surface area contributed by atoms with E-state index in [1.54, 1.807) is 36.4 Å². The smallest absolute Gasteiger partial charge is 0.272 e. The van der Waals surface area contributed by atoms with Gasteiger partial charge in [0.2, 0.25) is 0 Å². The van der Waals surface area contributed by atoms with Gasteiger partial charge in [-0.3, -0.25) is 19.9 Å². The van der Waals surface area contributed by atoms with Gasteiger partial charge in [0.25, 0.3) is 11.6 Å². The number of aromatic nitrogens is 1. The van der Waals surface area contributed by atoms with Crippen LogP contribution >= 0.6 is 0 Å². The van der Waals surface area contributed by atoms with E-state index in [2.05, 4.69) is 15.5 Å². The lowest BCUT2D eigenvalue weighted by Gasteiger charge is -2.11. The molecule has 1 aromatic heterocycles. The van der Waals surface area contributed by atoms with Crippen molar-refractivity contribution in [1.82, 2.24) is 10.4 Å². The summed E-state index contributed by atoms with van der Waals surface area (Å²) in [4.78, 5) is 27.6. The Bertz CT molecular complexity index is 1420. The van der Waals surface area contributed by atoms with Gasteiger partial charge >= 0.3 is 0 Å². The van der Waals surface area contributed by atoms with Crippen molar-refractivity contribution in [3.8, 4) is 11.5 Å². The monoisotopic (exact) mass is 470 g/mol. The van der Waals surface area contributed by atoms with Crippen molar-refractivity contribution in [3.05, 3.63) is 105 Å². The highest BCUT2D eigenvalue weighted by Gasteiger charge is 2.11. The van der Waals surface area contributed by atoms with Crippen LogP contribution in [-0.4, -0.2) is 29.1 Å². The van der Waals surface area contributed by atoms with Crippen LogP contribution in [0.3, 0.4) is 0 Å². The highest BCUT2D eigenvalue weighted by atomic mass is 16.6. The molecule has 0 aliphatic carbocycles. The van der Waals surface area contributed by atoms with Crippen LogP contribution in [0.5, 0.6) is 11.5 Å². The van der Waals surface area contributed by atoms with E-state index >= 15 is 0 Å². The van der Waals surface area contributed by atoms with Crippen LogP contribution < -0.4 is 14.9 Å². The van der Waals surface area contributed by atoms with E-state index in [9.17, 15) is 14.9 Å². The first-order valence-electron chi connectivity index (χ1n) is 10.7. The number of methoxy groups -OCH3 is 1. The zero-order valence-electron chi connectivity index (χ0n) is 19.1. The number of fused-ring (bicyclic) bond motifs is 1. The van der Waals surface area contributed by atoms with Gasteiger partial charge in [-0.15, -0.1) is 0 Å². The number of carbonyl (C=O) groups excluding carboxylic acids is 1. The predicted octanol–water partition coefficient (Wildman–Crippen LogP) is 4.80. The average molecular weight is 470 g/mol. The maximum atomic E-state index is 12.8. The average Bonchev–Trinajstić information content (AvgIpc) is 2.87. The third-order valence-corrected chi connectivity index (χ3v) is 5.20. The Labute approximate surface area is 201 Å². The molecule has 1 amide bonds. The van der Waals surface area contributed by atoms with Crippen molar-refractivity contribution in [2.24, 2.45) is 5.10 Å². The number of pyridine rings is 1. The number of benzene rings is 3.